The highest BCUT2D eigenvalue weighted by atomic mass is 16.5. The van der Waals surface area contributed by atoms with Gasteiger partial charge >= 0.3 is 0 Å². The highest BCUT2D eigenvalue weighted by molar-refractivity contribution is 4.75. The maximum Gasteiger partial charge on any atom is 0.0826 e. The lowest BCUT2D eigenvalue weighted by molar-refractivity contribution is -0.0354. The van der Waals surface area contributed by atoms with Crippen molar-refractivity contribution in [1.82, 2.24) is 10.2 Å². The van der Waals surface area contributed by atoms with Crippen LogP contribution in [0.5, 0.6) is 0 Å². The van der Waals surface area contributed by atoms with Gasteiger partial charge in [0.25, 0.3) is 0 Å². The van der Waals surface area contributed by atoms with Crippen molar-refractivity contribution in [1.29, 1.82) is 0 Å². The lowest BCUT2D eigenvalue weighted by Gasteiger charge is -2.33. The van der Waals surface area contributed by atoms with Crippen molar-refractivity contribution in [2.24, 2.45) is 5.41 Å². The zero-order valence-corrected chi connectivity index (χ0v) is 14.6. The number of nitrogens with one attached hydrogen (secondary N) is 1. The molecule has 1 heterocycles. The van der Waals surface area contributed by atoms with Gasteiger partial charge < -0.3 is 14.8 Å². The second-order valence-electron chi connectivity index (χ2n) is 7.30. The molecule has 1 saturated heterocycles. The number of morpholine rings is 1. The third-order valence-electron chi connectivity index (χ3n) is 3.69. The van der Waals surface area contributed by atoms with Crippen molar-refractivity contribution < 1.29 is 9.47 Å². The predicted octanol–water partition coefficient (Wildman–Crippen LogP) is 2.53. The van der Waals surface area contributed by atoms with Gasteiger partial charge in [0.1, 0.15) is 0 Å². The number of unbranched alkanes of at least 4 members (excludes halogenated alkanes) is 2. The lowest BCUT2D eigenvalue weighted by atomic mass is 9.97. The van der Waals surface area contributed by atoms with E-state index in [1.807, 2.05) is 0 Å². The van der Waals surface area contributed by atoms with Gasteiger partial charge in [0, 0.05) is 39.3 Å². The molecule has 1 rings (SSSR count). The molecule has 4 heteroatoms. The number of rotatable bonds is 10. The molecule has 4 nitrogen and oxygen atoms in total. The van der Waals surface area contributed by atoms with Gasteiger partial charge in [-0.2, -0.15) is 0 Å². The van der Waals surface area contributed by atoms with Gasteiger partial charge in [-0.15, -0.1) is 0 Å². The highest BCUT2D eigenvalue weighted by Crippen LogP contribution is 2.11. The molecule has 0 aromatic heterocycles. The van der Waals surface area contributed by atoms with E-state index < -0.39 is 0 Å². The van der Waals surface area contributed by atoms with Crippen LogP contribution in [0.3, 0.4) is 0 Å². The molecule has 0 radical (unpaired) electrons. The maximum absolute atomic E-state index is 5.84. The van der Waals surface area contributed by atoms with E-state index in [1.54, 1.807) is 0 Å². The fourth-order valence-corrected chi connectivity index (χ4v) is 2.47. The maximum atomic E-state index is 5.84. The number of ether oxygens (including phenoxy) is 2. The summed E-state index contributed by atoms with van der Waals surface area (Å²) in [5.41, 5.74) is 0.334. The van der Waals surface area contributed by atoms with Crippen molar-refractivity contribution in [2.45, 2.75) is 53.1 Å². The molecular formula is C17H36N2O2. The van der Waals surface area contributed by atoms with E-state index in [0.717, 1.165) is 52.5 Å². The topological polar surface area (TPSA) is 33.7 Å². The van der Waals surface area contributed by atoms with Crippen molar-refractivity contribution in [3.05, 3.63) is 0 Å². The van der Waals surface area contributed by atoms with Crippen LogP contribution in [0.4, 0.5) is 0 Å². The molecule has 1 fully saturated rings. The molecule has 0 aliphatic carbocycles. The van der Waals surface area contributed by atoms with Crippen molar-refractivity contribution in [2.75, 3.05) is 52.5 Å². The van der Waals surface area contributed by atoms with Crippen LogP contribution in [-0.2, 0) is 9.47 Å². The molecule has 0 amide bonds. The Morgan fingerprint density at radius 2 is 2.05 bits per heavy atom. The molecule has 126 valence electrons. The summed E-state index contributed by atoms with van der Waals surface area (Å²) in [6, 6.07) is 0. The average Bonchev–Trinajstić information content (AvgIpc) is 2.42. The first-order valence-corrected chi connectivity index (χ1v) is 8.63. The smallest absolute Gasteiger partial charge is 0.0826 e. The minimum absolute atomic E-state index is 0.321. The predicted molar refractivity (Wildman–Crippen MR) is 88.8 cm³/mol. The Hall–Kier alpha value is -0.160. The number of nitrogens with zero attached hydrogens (tertiary/aromatic N) is 1. The number of hydrogen-bond donors (Lipinski definition) is 1. The van der Waals surface area contributed by atoms with E-state index in [2.05, 4.69) is 37.9 Å². The van der Waals surface area contributed by atoms with Gasteiger partial charge in [0.05, 0.1) is 19.3 Å². The number of hydrogen-bond acceptors (Lipinski definition) is 4. The van der Waals surface area contributed by atoms with Crippen LogP contribution in [0.25, 0.3) is 0 Å². The van der Waals surface area contributed by atoms with Crippen LogP contribution in [0.15, 0.2) is 0 Å². The van der Waals surface area contributed by atoms with E-state index in [1.165, 1.54) is 19.3 Å². The summed E-state index contributed by atoms with van der Waals surface area (Å²) >= 11 is 0. The Kier molecular flexibility index (Phi) is 9.49. The van der Waals surface area contributed by atoms with Crippen LogP contribution >= 0.6 is 0 Å². The summed E-state index contributed by atoms with van der Waals surface area (Å²) in [4.78, 5) is 2.47. The fourth-order valence-electron chi connectivity index (χ4n) is 2.47. The Morgan fingerprint density at radius 1 is 1.24 bits per heavy atom. The molecule has 0 saturated carbocycles. The van der Waals surface area contributed by atoms with Crippen molar-refractivity contribution >= 4 is 0 Å². The van der Waals surface area contributed by atoms with E-state index in [4.69, 9.17) is 9.47 Å². The summed E-state index contributed by atoms with van der Waals surface area (Å²) in [6.07, 6.45) is 4.05. The average molecular weight is 300 g/mol. The fraction of sp³-hybridized carbons (Fsp3) is 1.00. The molecule has 1 atom stereocenters. The van der Waals surface area contributed by atoms with Gasteiger partial charge in [0.15, 0.2) is 0 Å². The molecule has 1 aliphatic rings. The SMILES string of the molecule is CCCCCOCCN1CCOC(CNCC(C)(C)C)C1. The Balaban J connectivity index is 2.06. The van der Waals surface area contributed by atoms with Gasteiger partial charge in [-0.25, -0.2) is 0 Å². The van der Waals surface area contributed by atoms with Gasteiger partial charge in [-0.3, -0.25) is 4.90 Å². The first-order chi connectivity index (χ1) is 10.0. The van der Waals surface area contributed by atoms with E-state index in [9.17, 15) is 0 Å². The summed E-state index contributed by atoms with van der Waals surface area (Å²) in [5.74, 6) is 0. The Labute approximate surface area is 131 Å². The molecular weight excluding hydrogens is 264 g/mol. The highest BCUT2D eigenvalue weighted by Gasteiger charge is 2.20. The second kappa shape index (κ2) is 10.5. The molecule has 0 bridgehead atoms. The van der Waals surface area contributed by atoms with Crippen LogP contribution in [0, 0.1) is 5.41 Å². The van der Waals surface area contributed by atoms with Crippen molar-refractivity contribution in [3.63, 3.8) is 0 Å². The molecule has 1 unspecified atom stereocenters. The molecule has 1 aliphatic heterocycles. The summed E-state index contributed by atoms with van der Waals surface area (Å²) in [5, 5.41) is 3.52. The monoisotopic (exact) mass is 300 g/mol. The van der Waals surface area contributed by atoms with E-state index in [-0.39, 0.29) is 0 Å². The third-order valence-corrected chi connectivity index (χ3v) is 3.69. The Morgan fingerprint density at radius 3 is 2.76 bits per heavy atom. The zero-order chi connectivity index (χ0) is 15.6. The van der Waals surface area contributed by atoms with Gasteiger partial charge in [-0.05, 0) is 11.8 Å². The summed E-state index contributed by atoms with van der Waals surface area (Å²) in [7, 11) is 0. The Bertz CT molecular complexity index is 254. The molecule has 0 aromatic carbocycles. The van der Waals surface area contributed by atoms with Crippen LogP contribution in [0.2, 0.25) is 0 Å². The summed E-state index contributed by atoms with van der Waals surface area (Å²) in [6.45, 7) is 16.7. The molecule has 1 N–H and O–H groups in total. The largest absolute Gasteiger partial charge is 0.380 e. The normalized spacial score (nSPS) is 20.9. The summed E-state index contributed by atoms with van der Waals surface area (Å²) < 4.78 is 11.5. The van der Waals surface area contributed by atoms with Crippen LogP contribution in [0.1, 0.15) is 47.0 Å². The van der Waals surface area contributed by atoms with Crippen LogP contribution in [-0.4, -0.2) is 63.5 Å². The minimum Gasteiger partial charge on any atom is -0.380 e. The second-order valence-corrected chi connectivity index (χ2v) is 7.30. The molecule has 0 aromatic rings. The molecule has 0 spiro atoms. The lowest BCUT2D eigenvalue weighted by Crippen LogP contribution is -2.48. The third kappa shape index (κ3) is 10.2. The van der Waals surface area contributed by atoms with E-state index in [0.29, 0.717) is 11.5 Å². The zero-order valence-electron chi connectivity index (χ0n) is 14.6. The van der Waals surface area contributed by atoms with Crippen LogP contribution < -0.4 is 5.32 Å². The van der Waals surface area contributed by atoms with Gasteiger partial charge in [0.2, 0.25) is 0 Å². The van der Waals surface area contributed by atoms with Gasteiger partial charge in [-0.1, -0.05) is 40.5 Å². The standard InChI is InChI=1S/C17H36N2O2/c1-5-6-7-10-20-11-8-19-9-12-21-16(14-19)13-18-15-17(2,3)4/h16,18H,5-15H2,1-4H3. The molecule has 21 heavy (non-hydrogen) atoms. The van der Waals surface area contributed by atoms with Crippen molar-refractivity contribution in [3.8, 4) is 0 Å². The minimum atomic E-state index is 0.321. The van der Waals surface area contributed by atoms with E-state index >= 15 is 0 Å². The first-order valence-electron chi connectivity index (χ1n) is 8.63. The quantitative estimate of drug-likeness (QED) is 0.629. The first kappa shape index (κ1) is 18.9.